The number of pyridine rings is 2. The molecule has 5 rings (SSSR count). The van der Waals surface area contributed by atoms with Gasteiger partial charge in [-0.3, -0.25) is 4.79 Å². The van der Waals surface area contributed by atoms with Crippen LogP contribution in [0.2, 0.25) is 10.0 Å². The van der Waals surface area contributed by atoms with E-state index in [-0.39, 0.29) is 12.5 Å². The standard InChI is InChI=1S/C30H25Cl2N5O2/c1-19-7-10-21-4-2-6-26(30(21)36-19)39-18-23-24(31)11-12-25(29(23)32)37-15-3-5-22(37)17-35-28(38)14-9-20-8-13-27(33)34-16-20/h2-16H,17-18H2,1H3,(H2,33,34)(H,35,38)/b14-9+. The number of nitrogens with zero attached hydrogens (tertiary/aromatic N) is 3. The lowest BCUT2D eigenvalue weighted by Crippen LogP contribution is -2.21. The topological polar surface area (TPSA) is 95.1 Å². The molecule has 0 saturated carbocycles. The van der Waals surface area contributed by atoms with Crippen molar-refractivity contribution in [3.8, 4) is 11.4 Å². The van der Waals surface area contributed by atoms with E-state index in [1.807, 2.05) is 66.2 Å². The van der Waals surface area contributed by atoms with E-state index in [1.54, 1.807) is 30.5 Å². The summed E-state index contributed by atoms with van der Waals surface area (Å²) in [6.07, 6.45) is 6.62. The van der Waals surface area contributed by atoms with Crippen LogP contribution in [-0.2, 0) is 17.9 Å². The van der Waals surface area contributed by atoms with Crippen molar-refractivity contribution in [3.63, 3.8) is 0 Å². The van der Waals surface area contributed by atoms with Crippen LogP contribution in [-0.4, -0.2) is 20.4 Å². The molecule has 0 radical (unpaired) electrons. The van der Waals surface area contributed by atoms with Gasteiger partial charge in [0.2, 0.25) is 5.91 Å². The first-order chi connectivity index (χ1) is 18.9. The van der Waals surface area contributed by atoms with Crippen molar-refractivity contribution in [2.75, 3.05) is 5.73 Å². The molecule has 3 N–H and O–H groups in total. The summed E-state index contributed by atoms with van der Waals surface area (Å²) in [5, 5.41) is 4.85. The summed E-state index contributed by atoms with van der Waals surface area (Å²) >= 11 is 13.4. The van der Waals surface area contributed by atoms with E-state index in [0.29, 0.717) is 33.7 Å². The van der Waals surface area contributed by atoms with Crippen molar-refractivity contribution in [3.05, 3.63) is 118 Å². The van der Waals surface area contributed by atoms with Gasteiger partial charge in [0.25, 0.3) is 0 Å². The number of para-hydroxylation sites is 1. The molecule has 0 aliphatic rings. The van der Waals surface area contributed by atoms with Gasteiger partial charge in [0.15, 0.2) is 0 Å². The van der Waals surface area contributed by atoms with E-state index in [0.717, 1.165) is 33.5 Å². The van der Waals surface area contributed by atoms with Crippen LogP contribution in [0.1, 0.15) is 22.5 Å². The molecule has 0 fully saturated rings. The number of nitrogens with two attached hydrogens (primary N) is 1. The SMILES string of the molecule is Cc1ccc2cccc(OCc3c(Cl)ccc(-n4cccc4CNC(=O)/C=C/c4ccc(N)nc4)c3Cl)c2n1. The number of carbonyl (C=O) groups excluding carboxylic acids is 1. The molecular formula is C30H25Cl2N5O2. The molecule has 3 heterocycles. The summed E-state index contributed by atoms with van der Waals surface area (Å²) in [6.45, 7) is 2.40. The quantitative estimate of drug-likeness (QED) is 0.211. The Balaban J connectivity index is 1.32. The molecule has 0 bridgehead atoms. The van der Waals surface area contributed by atoms with E-state index in [9.17, 15) is 4.79 Å². The third-order valence-corrected chi connectivity index (χ3v) is 6.91. The van der Waals surface area contributed by atoms with E-state index in [4.69, 9.17) is 33.7 Å². The first-order valence-corrected chi connectivity index (χ1v) is 12.9. The zero-order valence-electron chi connectivity index (χ0n) is 21.1. The Hall–Kier alpha value is -4.33. The van der Waals surface area contributed by atoms with E-state index >= 15 is 0 Å². The van der Waals surface area contributed by atoms with Gasteiger partial charge < -0.3 is 20.4 Å². The van der Waals surface area contributed by atoms with Crippen LogP contribution in [0.15, 0.2) is 85.2 Å². The Morgan fingerprint density at radius 3 is 2.77 bits per heavy atom. The lowest BCUT2D eigenvalue weighted by atomic mass is 10.1. The number of amides is 1. The fourth-order valence-corrected chi connectivity index (χ4v) is 4.68. The molecule has 0 saturated heterocycles. The van der Waals surface area contributed by atoms with Crippen LogP contribution in [0.3, 0.4) is 0 Å². The second-order valence-corrected chi connectivity index (χ2v) is 9.65. The second kappa shape index (κ2) is 11.6. The number of hydrogen-bond acceptors (Lipinski definition) is 5. The van der Waals surface area contributed by atoms with Crippen molar-refractivity contribution < 1.29 is 9.53 Å². The summed E-state index contributed by atoms with van der Waals surface area (Å²) in [5.74, 6) is 0.837. The maximum absolute atomic E-state index is 12.4. The Labute approximate surface area is 235 Å². The van der Waals surface area contributed by atoms with Gasteiger partial charge in [0.1, 0.15) is 23.7 Å². The third kappa shape index (κ3) is 6.06. The van der Waals surface area contributed by atoms with Gasteiger partial charge in [-0.1, -0.05) is 41.4 Å². The minimum Gasteiger partial charge on any atom is -0.487 e. The van der Waals surface area contributed by atoms with E-state index in [1.165, 1.54) is 6.08 Å². The fourth-order valence-electron chi connectivity index (χ4n) is 4.11. The van der Waals surface area contributed by atoms with Crippen LogP contribution in [0.25, 0.3) is 22.7 Å². The number of halogens is 2. The van der Waals surface area contributed by atoms with Crippen molar-refractivity contribution in [1.82, 2.24) is 19.9 Å². The number of fused-ring (bicyclic) bond motifs is 1. The molecule has 0 unspecified atom stereocenters. The molecule has 5 aromatic rings. The van der Waals surface area contributed by atoms with E-state index < -0.39 is 0 Å². The predicted octanol–water partition coefficient (Wildman–Crippen LogP) is 6.53. The summed E-state index contributed by atoms with van der Waals surface area (Å²) in [5.41, 5.74) is 10.3. The lowest BCUT2D eigenvalue weighted by Gasteiger charge is -2.16. The minimum absolute atomic E-state index is 0.165. The molecular weight excluding hydrogens is 533 g/mol. The van der Waals surface area contributed by atoms with Crippen molar-refractivity contribution in [1.29, 1.82) is 0 Å². The number of aromatic nitrogens is 3. The zero-order valence-corrected chi connectivity index (χ0v) is 22.6. The average Bonchev–Trinajstić information content (AvgIpc) is 3.40. The fraction of sp³-hybridized carbons (Fsp3) is 0.100. The first kappa shape index (κ1) is 26.3. The van der Waals surface area contributed by atoms with Gasteiger partial charge in [-0.25, -0.2) is 9.97 Å². The molecule has 2 aromatic carbocycles. The van der Waals surface area contributed by atoms with Gasteiger partial charge in [-0.2, -0.15) is 0 Å². The number of carbonyl (C=O) groups is 1. The Morgan fingerprint density at radius 2 is 1.95 bits per heavy atom. The summed E-state index contributed by atoms with van der Waals surface area (Å²) in [7, 11) is 0. The lowest BCUT2D eigenvalue weighted by molar-refractivity contribution is -0.116. The summed E-state index contributed by atoms with van der Waals surface area (Å²) in [6, 6.07) is 20.7. The van der Waals surface area contributed by atoms with Crippen LogP contribution in [0.5, 0.6) is 5.75 Å². The molecule has 3 aromatic heterocycles. The Kier molecular flexibility index (Phi) is 7.81. The molecule has 39 heavy (non-hydrogen) atoms. The number of ether oxygens (including phenoxy) is 1. The third-order valence-electron chi connectivity index (χ3n) is 6.13. The Bertz CT molecular complexity index is 1680. The van der Waals surface area contributed by atoms with Gasteiger partial charge in [-0.05, 0) is 67.1 Å². The molecule has 1 amide bonds. The number of nitrogens with one attached hydrogen (secondary N) is 1. The summed E-state index contributed by atoms with van der Waals surface area (Å²) in [4.78, 5) is 21.1. The number of hydrogen-bond donors (Lipinski definition) is 2. The maximum atomic E-state index is 12.4. The normalized spacial score (nSPS) is 11.3. The smallest absolute Gasteiger partial charge is 0.244 e. The van der Waals surface area contributed by atoms with Crippen LogP contribution < -0.4 is 15.8 Å². The largest absolute Gasteiger partial charge is 0.487 e. The van der Waals surface area contributed by atoms with Gasteiger partial charge in [0, 0.05) is 45.8 Å². The number of anilines is 1. The van der Waals surface area contributed by atoms with Crippen LogP contribution in [0.4, 0.5) is 5.82 Å². The zero-order chi connectivity index (χ0) is 27.4. The number of aryl methyl sites for hydroxylation is 1. The van der Waals surface area contributed by atoms with E-state index in [2.05, 4.69) is 15.3 Å². The van der Waals surface area contributed by atoms with Crippen molar-refractivity contribution >= 4 is 51.9 Å². The van der Waals surface area contributed by atoms with Gasteiger partial charge in [-0.15, -0.1) is 0 Å². The number of benzene rings is 2. The highest BCUT2D eigenvalue weighted by molar-refractivity contribution is 6.37. The highest BCUT2D eigenvalue weighted by Gasteiger charge is 2.16. The number of nitrogen functional groups attached to an aromatic ring is 1. The highest BCUT2D eigenvalue weighted by atomic mass is 35.5. The first-order valence-electron chi connectivity index (χ1n) is 12.2. The maximum Gasteiger partial charge on any atom is 0.244 e. The van der Waals surface area contributed by atoms with Crippen LogP contribution >= 0.6 is 23.2 Å². The molecule has 7 nitrogen and oxygen atoms in total. The van der Waals surface area contributed by atoms with Crippen molar-refractivity contribution in [2.24, 2.45) is 0 Å². The van der Waals surface area contributed by atoms with Gasteiger partial charge in [0.05, 0.1) is 17.3 Å². The predicted molar refractivity (Wildman–Crippen MR) is 156 cm³/mol. The Morgan fingerprint density at radius 1 is 1.08 bits per heavy atom. The average molecular weight is 558 g/mol. The molecule has 0 atom stereocenters. The monoisotopic (exact) mass is 557 g/mol. The molecule has 0 aliphatic heterocycles. The summed E-state index contributed by atoms with van der Waals surface area (Å²) < 4.78 is 8.07. The van der Waals surface area contributed by atoms with Crippen molar-refractivity contribution in [2.45, 2.75) is 20.1 Å². The number of rotatable bonds is 8. The molecule has 196 valence electrons. The molecule has 0 aliphatic carbocycles. The minimum atomic E-state index is -0.241. The second-order valence-electron chi connectivity index (χ2n) is 8.87. The van der Waals surface area contributed by atoms with Crippen LogP contribution in [0, 0.1) is 6.92 Å². The molecule has 9 heteroatoms. The highest BCUT2D eigenvalue weighted by Crippen LogP contribution is 2.33. The molecule has 0 spiro atoms. The van der Waals surface area contributed by atoms with Gasteiger partial charge >= 0.3 is 0 Å².